The van der Waals surface area contributed by atoms with Crippen molar-refractivity contribution in [2.75, 3.05) is 0 Å². The maximum Gasteiger partial charge on any atom is 0.213 e. The third-order valence-corrected chi connectivity index (χ3v) is 9.16. The van der Waals surface area contributed by atoms with Crippen LogP contribution >= 0.6 is 11.3 Å². The lowest BCUT2D eigenvalue weighted by molar-refractivity contribution is 0.735. The molecule has 8 aromatic rings. The van der Waals surface area contributed by atoms with Gasteiger partial charge >= 0.3 is 0 Å². The number of nitrogens with one attached hydrogen (secondary N) is 1. The quantitative estimate of drug-likeness (QED) is 0.221. The smallest absolute Gasteiger partial charge is 0.213 e. The maximum absolute atomic E-state index is 5.26. The van der Waals surface area contributed by atoms with Gasteiger partial charge in [0.25, 0.3) is 0 Å². The molecule has 1 atom stereocenters. The molecule has 4 heterocycles. The Morgan fingerprint density at radius 3 is 1.71 bits per heavy atom. The third-order valence-electron chi connectivity index (χ3n) is 8.01. The Morgan fingerprint density at radius 2 is 1.02 bits per heavy atom. The Hall–Kier alpha value is -5.20. The first-order valence-electron chi connectivity index (χ1n) is 13.7. The lowest BCUT2D eigenvalue weighted by atomic mass is 10.1. The van der Waals surface area contributed by atoms with Crippen molar-refractivity contribution in [3.63, 3.8) is 0 Å². The van der Waals surface area contributed by atoms with E-state index in [9.17, 15) is 0 Å². The molecule has 9 rings (SSSR count). The van der Waals surface area contributed by atoms with E-state index in [4.69, 9.17) is 9.98 Å². The van der Waals surface area contributed by atoms with Crippen molar-refractivity contribution in [2.24, 2.45) is 9.98 Å². The predicted molar refractivity (Wildman–Crippen MR) is 172 cm³/mol. The molecular formula is C35H23N5S. The first-order chi connectivity index (χ1) is 20.3. The average molecular weight is 546 g/mol. The molecule has 5 nitrogen and oxygen atoms in total. The summed E-state index contributed by atoms with van der Waals surface area (Å²) in [5, 5.41) is 9.87. The van der Waals surface area contributed by atoms with Crippen LogP contribution in [0.15, 0.2) is 137 Å². The van der Waals surface area contributed by atoms with Crippen LogP contribution in [0, 0.1) is 0 Å². The zero-order valence-corrected chi connectivity index (χ0v) is 22.7. The van der Waals surface area contributed by atoms with Gasteiger partial charge in [0.1, 0.15) is 4.83 Å². The first kappa shape index (κ1) is 22.6. The number of aromatic nitrogens is 2. The summed E-state index contributed by atoms with van der Waals surface area (Å²) in [6.45, 7) is 0. The molecule has 0 spiro atoms. The minimum atomic E-state index is -0.395. The van der Waals surface area contributed by atoms with Crippen LogP contribution < -0.4 is 5.32 Å². The summed E-state index contributed by atoms with van der Waals surface area (Å²) in [7, 11) is 0. The molecule has 0 saturated heterocycles. The number of para-hydroxylation sites is 3. The van der Waals surface area contributed by atoms with Crippen molar-refractivity contribution in [3.8, 4) is 0 Å². The van der Waals surface area contributed by atoms with Crippen LogP contribution in [0.4, 0.5) is 0 Å². The van der Waals surface area contributed by atoms with E-state index in [1.165, 1.54) is 36.5 Å². The van der Waals surface area contributed by atoms with Crippen molar-refractivity contribution in [2.45, 2.75) is 6.17 Å². The highest BCUT2D eigenvalue weighted by Crippen LogP contribution is 2.41. The SMILES string of the molecule is c1ccc(C2N=C(n3c4ccccc4c4ccccc43)NC(n3c4ccccc4c4c5ccccc5sc43)=N2)cc1. The second-order valence-electron chi connectivity index (χ2n) is 10.3. The number of aliphatic imine (C=N–C) groups is 2. The Bertz CT molecular complexity index is 2300. The van der Waals surface area contributed by atoms with Crippen molar-refractivity contribution in [1.29, 1.82) is 0 Å². The summed E-state index contributed by atoms with van der Waals surface area (Å²) in [5.74, 6) is 1.52. The number of fused-ring (bicyclic) bond motifs is 8. The lowest BCUT2D eigenvalue weighted by Crippen LogP contribution is -2.42. The fourth-order valence-electron chi connectivity index (χ4n) is 6.23. The number of benzene rings is 5. The molecule has 0 bridgehead atoms. The van der Waals surface area contributed by atoms with Crippen LogP contribution in [0.1, 0.15) is 11.7 Å². The van der Waals surface area contributed by atoms with Gasteiger partial charge in [-0.3, -0.25) is 14.5 Å². The van der Waals surface area contributed by atoms with Gasteiger partial charge in [0.05, 0.1) is 16.6 Å². The van der Waals surface area contributed by atoms with E-state index in [1.54, 1.807) is 11.3 Å². The van der Waals surface area contributed by atoms with Crippen molar-refractivity contribution in [1.82, 2.24) is 14.5 Å². The molecule has 1 unspecified atom stereocenters. The molecule has 0 aliphatic carbocycles. The van der Waals surface area contributed by atoms with Crippen LogP contribution in [0.5, 0.6) is 0 Å². The molecule has 1 aliphatic rings. The summed E-state index contributed by atoms with van der Waals surface area (Å²) < 4.78 is 5.79. The Balaban J connectivity index is 1.34. The number of nitrogens with zero attached hydrogens (tertiary/aromatic N) is 4. The second-order valence-corrected chi connectivity index (χ2v) is 11.3. The van der Waals surface area contributed by atoms with Gasteiger partial charge in [-0.2, -0.15) is 0 Å². The minimum Gasteiger partial charge on any atom is -0.295 e. The summed E-state index contributed by atoms with van der Waals surface area (Å²) >= 11 is 1.80. The third kappa shape index (κ3) is 3.28. The van der Waals surface area contributed by atoms with Gasteiger partial charge in [0.2, 0.25) is 11.9 Å². The zero-order chi connectivity index (χ0) is 26.9. The highest BCUT2D eigenvalue weighted by atomic mass is 32.1. The van der Waals surface area contributed by atoms with Crippen molar-refractivity contribution >= 4 is 76.3 Å². The Morgan fingerprint density at radius 1 is 0.512 bits per heavy atom. The Kier molecular flexibility index (Phi) is 4.77. The summed E-state index contributed by atoms with van der Waals surface area (Å²) in [6, 6.07) is 44.7. The minimum absolute atomic E-state index is 0.395. The summed E-state index contributed by atoms with van der Waals surface area (Å²) in [5.41, 5.74) is 4.39. The van der Waals surface area contributed by atoms with Crippen LogP contribution in [0.3, 0.4) is 0 Å². The zero-order valence-electron chi connectivity index (χ0n) is 21.9. The van der Waals surface area contributed by atoms with Gasteiger partial charge in [-0.25, -0.2) is 9.98 Å². The van der Waals surface area contributed by atoms with E-state index < -0.39 is 6.17 Å². The first-order valence-corrected chi connectivity index (χ1v) is 14.5. The Labute approximate surface area is 239 Å². The number of rotatable bonds is 1. The summed E-state index contributed by atoms with van der Waals surface area (Å²) in [4.78, 5) is 11.7. The summed E-state index contributed by atoms with van der Waals surface area (Å²) in [6.07, 6.45) is -0.395. The van der Waals surface area contributed by atoms with Gasteiger partial charge in [-0.05, 0) is 29.8 Å². The van der Waals surface area contributed by atoms with Gasteiger partial charge in [0, 0.05) is 31.6 Å². The van der Waals surface area contributed by atoms with Crippen molar-refractivity contribution in [3.05, 3.63) is 133 Å². The molecule has 0 radical (unpaired) electrons. The topological polar surface area (TPSA) is 46.6 Å². The van der Waals surface area contributed by atoms with E-state index >= 15 is 0 Å². The molecule has 0 fully saturated rings. The maximum atomic E-state index is 5.26. The largest absolute Gasteiger partial charge is 0.295 e. The molecule has 194 valence electrons. The molecule has 1 N–H and O–H groups in total. The van der Waals surface area contributed by atoms with E-state index in [0.717, 1.165) is 34.0 Å². The molecule has 6 heteroatoms. The van der Waals surface area contributed by atoms with Gasteiger partial charge in [-0.15, -0.1) is 11.3 Å². The van der Waals surface area contributed by atoms with Gasteiger partial charge in [-0.1, -0.05) is 103 Å². The number of thiophene rings is 1. The molecule has 0 saturated carbocycles. The van der Waals surface area contributed by atoms with Crippen LogP contribution in [0.25, 0.3) is 53.0 Å². The molecule has 3 aromatic heterocycles. The molecule has 0 amide bonds. The van der Waals surface area contributed by atoms with Gasteiger partial charge in [0.15, 0.2) is 6.17 Å². The van der Waals surface area contributed by atoms with Gasteiger partial charge < -0.3 is 0 Å². The van der Waals surface area contributed by atoms with Crippen molar-refractivity contribution < 1.29 is 0 Å². The lowest BCUT2D eigenvalue weighted by Gasteiger charge is -2.24. The van der Waals surface area contributed by atoms with Crippen LogP contribution in [-0.4, -0.2) is 21.1 Å². The molecule has 1 aliphatic heterocycles. The highest BCUT2D eigenvalue weighted by molar-refractivity contribution is 7.25. The predicted octanol–water partition coefficient (Wildman–Crippen LogP) is 8.53. The van der Waals surface area contributed by atoms with E-state index in [0.29, 0.717) is 0 Å². The fraction of sp³-hybridized carbons (Fsp3) is 0.0286. The molecule has 41 heavy (non-hydrogen) atoms. The number of hydrogen-bond acceptors (Lipinski definition) is 4. The monoisotopic (exact) mass is 545 g/mol. The van der Waals surface area contributed by atoms with E-state index in [2.05, 4.69) is 136 Å². The molecular weight excluding hydrogens is 522 g/mol. The molecule has 5 aromatic carbocycles. The normalized spacial score (nSPS) is 15.6. The average Bonchev–Trinajstić information content (AvgIpc) is 3.68. The van der Waals surface area contributed by atoms with Crippen LogP contribution in [-0.2, 0) is 0 Å². The van der Waals surface area contributed by atoms with E-state index in [1.807, 2.05) is 6.07 Å². The fourth-order valence-corrected chi connectivity index (χ4v) is 7.46. The van der Waals surface area contributed by atoms with E-state index in [-0.39, 0.29) is 0 Å². The second kappa shape index (κ2) is 8.65. The van der Waals surface area contributed by atoms with Crippen LogP contribution in [0.2, 0.25) is 0 Å². The standard InChI is InChI=1S/C35H23N5S/c1-2-12-22(13-3-1)32-36-34(39-27-18-8-4-14-23(27)24-15-5-9-19-28(24)39)38-35(37-32)40-29-20-10-6-16-25(29)31-26-17-7-11-21-30(26)41-33(31)40/h1-21,32H,(H,36,37,38). The highest BCUT2D eigenvalue weighted by Gasteiger charge is 2.26. The number of hydrogen-bond donors (Lipinski definition) is 1.